The number of hydrogen-bond donors (Lipinski definition) is 2. The molecular formula is C17H14N2O3. The molecule has 1 heterocycles. The van der Waals surface area contributed by atoms with Gasteiger partial charge in [0, 0.05) is 0 Å². The molecule has 0 saturated heterocycles. The monoisotopic (exact) mass is 294 g/mol. The van der Waals surface area contributed by atoms with Crippen LogP contribution in [-0.2, 0) is 0 Å². The summed E-state index contributed by atoms with van der Waals surface area (Å²) >= 11 is 0. The van der Waals surface area contributed by atoms with Gasteiger partial charge in [-0.05, 0) is 35.9 Å². The largest absolute Gasteiger partial charge is 0.497 e. The summed E-state index contributed by atoms with van der Waals surface area (Å²) in [5.41, 5.74) is 2.32. The minimum atomic E-state index is -0.986. The first-order valence-corrected chi connectivity index (χ1v) is 6.71. The number of H-pyrrole nitrogens is 1. The molecule has 1 aromatic heterocycles. The number of nitrogens with one attached hydrogen (secondary N) is 1. The highest BCUT2D eigenvalue weighted by Gasteiger charge is 2.11. The van der Waals surface area contributed by atoms with Crippen LogP contribution in [0.15, 0.2) is 42.5 Å². The van der Waals surface area contributed by atoms with E-state index in [9.17, 15) is 9.90 Å². The zero-order valence-electron chi connectivity index (χ0n) is 11.9. The fourth-order valence-corrected chi connectivity index (χ4v) is 2.22. The van der Waals surface area contributed by atoms with Crippen molar-refractivity contribution in [2.75, 3.05) is 7.11 Å². The first-order chi connectivity index (χ1) is 10.7. The van der Waals surface area contributed by atoms with Crippen molar-refractivity contribution in [1.29, 1.82) is 0 Å². The molecule has 0 aliphatic rings. The Labute approximate surface area is 126 Å². The standard InChI is InChI=1S/C17H14N2O3/c1-22-12-5-2-4-11(10-12)8-9-15-18-14-7-3-6-13(17(20)21)16(14)19-15/h2-10H,1H3,(H,18,19)(H,20,21)/b9-8+. The third-order valence-corrected chi connectivity index (χ3v) is 3.29. The second-order valence-corrected chi connectivity index (χ2v) is 4.74. The fourth-order valence-electron chi connectivity index (χ4n) is 2.22. The molecule has 110 valence electrons. The number of aromatic carboxylic acids is 1. The number of fused-ring (bicyclic) bond motifs is 1. The first-order valence-electron chi connectivity index (χ1n) is 6.71. The Balaban J connectivity index is 1.95. The summed E-state index contributed by atoms with van der Waals surface area (Å²) in [6.45, 7) is 0. The van der Waals surface area contributed by atoms with Gasteiger partial charge in [0.15, 0.2) is 0 Å². The predicted octanol–water partition coefficient (Wildman–Crippen LogP) is 3.44. The molecule has 22 heavy (non-hydrogen) atoms. The van der Waals surface area contributed by atoms with Crippen molar-refractivity contribution in [1.82, 2.24) is 9.97 Å². The normalized spacial score (nSPS) is 11.1. The van der Waals surface area contributed by atoms with Crippen LogP contribution in [0.25, 0.3) is 23.2 Å². The van der Waals surface area contributed by atoms with Crippen LogP contribution in [0.4, 0.5) is 0 Å². The van der Waals surface area contributed by atoms with E-state index in [2.05, 4.69) is 9.97 Å². The molecule has 0 unspecified atom stereocenters. The number of methoxy groups -OCH3 is 1. The van der Waals surface area contributed by atoms with Crippen molar-refractivity contribution < 1.29 is 14.6 Å². The maximum absolute atomic E-state index is 11.2. The summed E-state index contributed by atoms with van der Waals surface area (Å²) in [7, 11) is 1.62. The Morgan fingerprint density at radius 2 is 2.05 bits per heavy atom. The van der Waals surface area contributed by atoms with Gasteiger partial charge in [-0.25, -0.2) is 9.78 Å². The lowest BCUT2D eigenvalue weighted by Gasteiger charge is -1.99. The molecule has 5 nitrogen and oxygen atoms in total. The third-order valence-electron chi connectivity index (χ3n) is 3.29. The van der Waals surface area contributed by atoms with E-state index in [1.54, 1.807) is 31.4 Å². The Hall–Kier alpha value is -3.08. The molecule has 0 fully saturated rings. The number of para-hydroxylation sites is 1. The van der Waals surface area contributed by atoms with Gasteiger partial charge >= 0.3 is 5.97 Å². The Bertz CT molecular complexity index is 865. The second-order valence-electron chi connectivity index (χ2n) is 4.74. The molecule has 0 radical (unpaired) electrons. The molecule has 2 N–H and O–H groups in total. The first kappa shape index (κ1) is 13.9. The highest BCUT2D eigenvalue weighted by atomic mass is 16.5. The lowest BCUT2D eigenvalue weighted by Crippen LogP contribution is -1.96. The number of ether oxygens (including phenoxy) is 1. The van der Waals surface area contributed by atoms with Crippen LogP contribution in [0.1, 0.15) is 21.7 Å². The Morgan fingerprint density at radius 3 is 2.82 bits per heavy atom. The summed E-state index contributed by atoms with van der Waals surface area (Å²) < 4.78 is 5.17. The van der Waals surface area contributed by atoms with Crippen molar-refractivity contribution in [2.45, 2.75) is 0 Å². The van der Waals surface area contributed by atoms with Crippen molar-refractivity contribution in [3.63, 3.8) is 0 Å². The highest BCUT2D eigenvalue weighted by Crippen LogP contribution is 2.19. The number of benzene rings is 2. The summed E-state index contributed by atoms with van der Waals surface area (Å²) in [4.78, 5) is 18.6. The number of aromatic amines is 1. The van der Waals surface area contributed by atoms with Crippen LogP contribution in [0.5, 0.6) is 5.75 Å². The van der Waals surface area contributed by atoms with Gasteiger partial charge in [-0.2, -0.15) is 0 Å². The average molecular weight is 294 g/mol. The van der Waals surface area contributed by atoms with Crippen LogP contribution in [0, 0.1) is 0 Å². The number of carboxylic acids is 1. The molecule has 0 amide bonds. The van der Waals surface area contributed by atoms with E-state index in [4.69, 9.17) is 4.74 Å². The quantitative estimate of drug-likeness (QED) is 0.773. The lowest BCUT2D eigenvalue weighted by atomic mass is 10.2. The predicted molar refractivity (Wildman–Crippen MR) is 85.0 cm³/mol. The molecule has 2 aromatic carbocycles. The molecule has 5 heteroatoms. The molecule has 0 atom stereocenters. The number of nitrogens with zero attached hydrogens (tertiary/aromatic N) is 1. The maximum atomic E-state index is 11.2. The van der Waals surface area contributed by atoms with Gasteiger partial charge in [-0.1, -0.05) is 24.3 Å². The second kappa shape index (κ2) is 5.73. The topological polar surface area (TPSA) is 75.2 Å². The average Bonchev–Trinajstić information content (AvgIpc) is 2.95. The summed E-state index contributed by atoms with van der Waals surface area (Å²) in [6, 6.07) is 12.7. The molecule has 0 aliphatic carbocycles. The highest BCUT2D eigenvalue weighted by molar-refractivity contribution is 6.01. The van der Waals surface area contributed by atoms with Gasteiger partial charge in [-0.15, -0.1) is 0 Å². The smallest absolute Gasteiger partial charge is 0.337 e. The minimum absolute atomic E-state index is 0.190. The SMILES string of the molecule is COc1cccc(/C=C/c2nc3c(C(=O)O)cccc3[nH]2)c1. The van der Waals surface area contributed by atoms with Crippen LogP contribution < -0.4 is 4.74 Å². The Morgan fingerprint density at radius 1 is 1.23 bits per heavy atom. The van der Waals surface area contributed by atoms with Gasteiger partial charge in [0.25, 0.3) is 0 Å². The zero-order valence-corrected chi connectivity index (χ0v) is 11.9. The summed E-state index contributed by atoms with van der Waals surface area (Å²) in [5.74, 6) is 0.395. The molecule has 3 rings (SSSR count). The van der Waals surface area contributed by atoms with Gasteiger partial charge in [-0.3, -0.25) is 0 Å². The number of imidazole rings is 1. The van der Waals surface area contributed by atoms with E-state index in [0.717, 1.165) is 11.3 Å². The van der Waals surface area contributed by atoms with Crippen LogP contribution in [0.2, 0.25) is 0 Å². The van der Waals surface area contributed by atoms with Gasteiger partial charge in [0.2, 0.25) is 0 Å². The van der Waals surface area contributed by atoms with Crippen LogP contribution in [0.3, 0.4) is 0 Å². The Kier molecular flexibility index (Phi) is 3.62. The van der Waals surface area contributed by atoms with Crippen LogP contribution in [-0.4, -0.2) is 28.2 Å². The molecule has 0 spiro atoms. The number of aromatic nitrogens is 2. The zero-order chi connectivity index (χ0) is 15.5. The van der Waals surface area contributed by atoms with E-state index in [1.165, 1.54) is 0 Å². The van der Waals surface area contributed by atoms with E-state index in [1.807, 2.05) is 30.3 Å². The third kappa shape index (κ3) is 2.69. The van der Waals surface area contributed by atoms with E-state index < -0.39 is 5.97 Å². The molecule has 0 aliphatic heterocycles. The summed E-state index contributed by atoms with van der Waals surface area (Å²) in [6.07, 6.45) is 3.70. The van der Waals surface area contributed by atoms with Crippen LogP contribution >= 0.6 is 0 Å². The van der Waals surface area contributed by atoms with Crippen molar-refractivity contribution in [2.24, 2.45) is 0 Å². The van der Waals surface area contributed by atoms with Crippen molar-refractivity contribution >= 4 is 29.2 Å². The number of rotatable bonds is 4. The molecule has 0 bridgehead atoms. The van der Waals surface area contributed by atoms with Gasteiger partial charge in [0.1, 0.15) is 17.1 Å². The van der Waals surface area contributed by atoms with E-state index in [-0.39, 0.29) is 5.56 Å². The molecule has 0 saturated carbocycles. The lowest BCUT2D eigenvalue weighted by molar-refractivity contribution is 0.0699. The number of carboxylic acid groups (broad SMARTS) is 1. The summed E-state index contributed by atoms with van der Waals surface area (Å²) in [5, 5.41) is 9.17. The van der Waals surface area contributed by atoms with E-state index >= 15 is 0 Å². The number of carbonyl (C=O) groups is 1. The molecule has 3 aromatic rings. The van der Waals surface area contributed by atoms with Crippen molar-refractivity contribution in [3.8, 4) is 5.75 Å². The van der Waals surface area contributed by atoms with E-state index in [0.29, 0.717) is 16.9 Å². The molecular weight excluding hydrogens is 280 g/mol. The van der Waals surface area contributed by atoms with Gasteiger partial charge in [0.05, 0.1) is 18.2 Å². The minimum Gasteiger partial charge on any atom is -0.497 e. The number of hydrogen-bond acceptors (Lipinski definition) is 3. The maximum Gasteiger partial charge on any atom is 0.337 e. The van der Waals surface area contributed by atoms with Crippen molar-refractivity contribution in [3.05, 3.63) is 59.4 Å². The fraction of sp³-hybridized carbons (Fsp3) is 0.0588. The van der Waals surface area contributed by atoms with Gasteiger partial charge < -0.3 is 14.8 Å².